The van der Waals surface area contributed by atoms with E-state index < -0.39 is 0 Å². The first-order valence-corrected chi connectivity index (χ1v) is 11.9. The van der Waals surface area contributed by atoms with Crippen LogP contribution in [0.1, 0.15) is 18.1 Å². The van der Waals surface area contributed by atoms with Gasteiger partial charge in [-0.1, -0.05) is 60.3 Å². The Labute approximate surface area is 202 Å². The highest BCUT2D eigenvalue weighted by atomic mass is 32.2. The zero-order valence-electron chi connectivity index (χ0n) is 18.9. The Kier molecular flexibility index (Phi) is 6.22. The summed E-state index contributed by atoms with van der Waals surface area (Å²) in [6.07, 6.45) is 0. The van der Waals surface area contributed by atoms with E-state index in [4.69, 9.17) is 9.47 Å². The molecule has 1 amide bonds. The highest BCUT2D eigenvalue weighted by molar-refractivity contribution is 8.00. The summed E-state index contributed by atoms with van der Waals surface area (Å²) in [7, 11) is 0. The van der Waals surface area contributed by atoms with Crippen molar-refractivity contribution >= 4 is 23.4 Å². The normalized spacial score (nSPS) is 13.0. The van der Waals surface area contributed by atoms with Crippen LogP contribution in [-0.4, -0.2) is 32.7 Å². The number of aromatic nitrogens is 3. The first kappa shape index (κ1) is 22.0. The summed E-state index contributed by atoms with van der Waals surface area (Å²) in [4.78, 5) is 12.9. The maximum atomic E-state index is 12.9. The van der Waals surface area contributed by atoms with E-state index in [-0.39, 0.29) is 18.0 Å². The van der Waals surface area contributed by atoms with Gasteiger partial charge in [-0.3, -0.25) is 9.36 Å². The fourth-order valence-corrected chi connectivity index (χ4v) is 4.57. The number of aryl methyl sites for hydroxylation is 1. The molecule has 8 heteroatoms. The zero-order valence-corrected chi connectivity index (χ0v) is 19.7. The quantitative estimate of drug-likeness (QED) is 0.375. The van der Waals surface area contributed by atoms with E-state index in [1.807, 2.05) is 91.2 Å². The molecule has 0 aliphatic carbocycles. The Morgan fingerprint density at radius 1 is 1.03 bits per heavy atom. The molecule has 1 aliphatic rings. The molecule has 4 aromatic rings. The van der Waals surface area contributed by atoms with Crippen molar-refractivity contribution in [2.45, 2.75) is 30.8 Å². The van der Waals surface area contributed by atoms with E-state index in [2.05, 4.69) is 15.5 Å². The predicted octanol–water partition coefficient (Wildman–Crippen LogP) is 5.15. The Bertz CT molecular complexity index is 1320. The molecular formula is C26H24N4O3S. The smallest absolute Gasteiger partial charge is 0.237 e. The highest BCUT2D eigenvalue weighted by Gasteiger charge is 2.22. The van der Waals surface area contributed by atoms with Crippen molar-refractivity contribution in [2.24, 2.45) is 0 Å². The van der Waals surface area contributed by atoms with E-state index in [0.29, 0.717) is 11.7 Å². The fourth-order valence-electron chi connectivity index (χ4n) is 3.72. The van der Waals surface area contributed by atoms with Crippen LogP contribution in [0.25, 0.3) is 11.4 Å². The Balaban J connectivity index is 1.41. The minimum Gasteiger partial charge on any atom is -0.454 e. The molecule has 0 saturated heterocycles. The molecule has 1 aliphatic heterocycles. The summed E-state index contributed by atoms with van der Waals surface area (Å²) < 4.78 is 13.0. The summed E-state index contributed by atoms with van der Waals surface area (Å²) in [5, 5.41) is 12.2. The Hall–Kier alpha value is -3.78. The summed E-state index contributed by atoms with van der Waals surface area (Å²) in [5.74, 6) is 2.13. The van der Waals surface area contributed by atoms with E-state index in [0.717, 1.165) is 39.7 Å². The van der Waals surface area contributed by atoms with Crippen molar-refractivity contribution in [1.82, 2.24) is 14.8 Å². The van der Waals surface area contributed by atoms with E-state index >= 15 is 0 Å². The van der Waals surface area contributed by atoms with Gasteiger partial charge in [0.05, 0.1) is 11.8 Å². The third kappa shape index (κ3) is 4.77. The van der Waals surface area contributed by atoms with Crippen LogP contribution in [0.15, 0.2) is 78.0 Å². The average Bonchev–Trinajstić information content (AvgIpc) is 3.46. The van der Waals surface area contributed by atoms with Crippen molar-refractivity contribution < 1.29 is 14.3 Å². The first-order valence-electron chi connectivity index (χ1n) is 11.0. The lowest BCUT2D eigenvalue weighted by Gasteiger charge is -2.14. The Morgan fingerprint density at radius 3 is 2.68 bits per heavy atom. The van der Waals surface area contributed by atoms with Crippen LogP contribution in [0.3, 0.4) is 0 Å². The molecule has 0 spiro atoms. The number of hydrogen-bond donors (Lipinski definition) is 1. The van der Waals surface area contributed by atoms with E-state index in [1.165, 1.54) is 11.8 Å². The highest BCUT2D eigenvalue weighted by Crippen LogP contribution is 2.34. The van der Waals surface area contributed by atoms with Gasteiger partial charge in [0.15, 0.2) is 22.5 Å². The van der Waals surface area contributed by atoms with Gasteiger partial charge in [0.2, 0.25) is 12.7 Å². The number of nitrogens with one attached hydrogen (secondary N) is 1. The van der Waals surface area contributed by atoms with Crippen molar-refractivity contribution in [1.29, 1.82) is 0 Å². The molecular weight excluding hydrogens is 448 g/mol. The molecule has 7 nitrogen and oxygen atoms in total. The number of hydrogen-bond acceptors (Lipinski definition) is 6. The number of anilines is 1. The Morgan fingerprint density at radius 2 is 1.85 bits per heavy atom. The molecule has 0 radical (unpaired) electrons. The molecule has 0 bridgehead atoms. The molecule has 1 aromatic heterocycles. The number of nitrogens with zero attached hydrogens (tertiary/aromatic N) is 3. The van der Waals surface area contributed by atoms with Crippen molar-refractivity contribution in [3.63, 3.8) is 0 Å². The number of carbonyl (C=O) groups excluding carboxylic acids is 1. The maximum absolute atomic E-state index is 12.9. The fraction of sp³-hybridized carbons (Fsp3) is 0.192. The van der Waals surface area contributed by atoms with Crippen molar-refractivity contribution in [3.8, 4) is 22.9 Å². The second-order valence-electron chi connectivity index (χ2n) is 8.06. The second-order valence-corrected chi connectivity index (χ2v) is 9.37. The molecule has 0 unspecified atom stereocenters. The van der Waals surface area contributed by atoms with Gasteiger partial charge in [-0.05, 0) is 49.2 Å². The van der Waals surface area contributed by atoms with Gasteiger partial charge in [-0.2, -0.15) is 0 Å². The number of rotatable bonds is 7. The van der Waals surface area contributed by atoms with Gasteiger partial charge in [0.1, 0.15) is 0 Å². The number of fused-ring (bicyclic) bond motifs is 1. The molecule has 5 rings (SSSR count). The van der Waals surface area contributed by atoms with Crippen LogP contribution in [0.5, 0.6) is 11.5 Å². The minimum absolute atomic E-state index is 0.0884. The molecule has 0 fully saturated rings. The lowest BCUT2D eigenvalue weighted by atomic mass is 10.2. The van der Waals surface area contributed by atoms with Crippen LogP contribution in [0.4, 0.5) is 5.69 Å². The third-order valence-electron chi connectivity index (χ3n) is 5.46. The van der Waals surface area contributed by atoms with Crippen molar-refractivity contribution in [2.75, 3.05) is 12.1 Å². The largest absolute Gasteiger partial charge is 0.454 e. The molecule has 1 N–H and O–H groups in total. The van der Waals surface area contributed by atoms with Crippen LogP contribution in [0, 0.1) is 6.92 Å². The summed E-state index contributed by atoms with van der Waals surface area (Å²) in [6.45, 7) is 4.63. The molecule has 34 heavy (non-hydrogen) atoms. The summed E-state index contributed by atoms with van der Waals surface area (Å²) >= 11 is 1.38. The van der Waals surface area contributed by atoms with E-state index in [1.54, 1.807) is 0 Å². The first-order chi connectivity index (χ1) is 16.6. The van der Waals surface area contributed by atoms with Crippen LogP contribution >= 0.6 is 11.8 Å². The topological polar surface area (TPSA) is 78.3 Å². The second kappa shape index (κ2) is 9.61. The van der Waals surface area contributed by atoms with Crippen molar-refractivity contribution in [3.05, 3.63) is 83.9 Å². The van der Waals surface area contributed by atoms with Gasteiger partial charge >= 0.3 is 0 Å². The number of benzene rings is 3. The van der Waals surface area contributed by atoms with Gasteiger partial charge < -0.3 is 14.8 Å². The SMILES string of the molecule is Cc1cccc(NC(=O)[C@@H](C)Sc2nnc(-c3ccccc3)n2Cc2ccc3c(c2)OCO3)c1. The number of carbonyl (C=O) groups is 1. The number of amides is 1. The maximum Gasteiger partial charge on any atom is 0.237 e. The van der Waals surface area contributed by atoms with E-state index in [9.17, 15) is 4.79 Å². The van der Waals surface area contributed by atoms with Gasteiger partial charge in [-0.15, -0.1) is 10.2 Å². The standard InChI is InChI=1S/C26H24N4O3S/c1-17-7-6-10-21(13-17)27-25(31)18(2)34-26-29-28-24(20-8-4-3-5-9-20)30(26)15-19-11-12-22-23(14-19)33-16-32-22/h3-14,18H,15-16H2,1-2H3,(H,27,31)/t18-/m1/s1. The molecule has 172 valence electrons. The molecule has 3 aromatic carbocycles. The predicted molar refractivity (Wildman–Crippen MR) is 132 cm³/mol. The van der Waals surface area contributed by atoms with Crippen LogP contribution < -0.4 is 14.8 Å². The number of thioether (sulfide) groups is 1. The van der Waals surface area contributed by atoms with Gasteiger partial charge in [0, 0.05) is 11.3 Å². The minimum atomic E-state index is -0.371. The zero-order chi connectivity index (χ0) is 23.5. The number of ether oxygens (including phenoxy) is 2. The van der Waals surface area contributed by atoms with Gasteiger partial charge in [-0.25, -0.2) is 0 Å². The summed E-state index contributed by atoms with van der Waals surface area (Å²) in [5.41, 5.74) is 3.86. The lowest BCUT2D eigenvalue weighted by molar-refractivity contribution is -0.115. The molecule has 1 atom stereocenters. The lowest BCUT2D eigenvalue weighted by Crippen LogP contribution is -2.23. The monoisotopic (exact) mass is 472 g/mol. The van der Waals surface area contributed by atoms with Gasteiger partial charge in [0.25, 0.3) is 0 Å². The summed E-state index contributed by atoms with van der Waals surface area (Å²) in [6, 6.07) is 23.6. The third-order valence-corrected chi connectivity index (χ3v) is 6.54. The molecule has 0 saturated carbocycles. The van der Waals surface area contributed by atoms with Crippen LogP contribution in [-0.2, 0) is 11.3 Å². The average molecular weight is 473 g/mol. The molecule has 2 heterocycles. The van der Waals surface area contributed by atoms with Crippen LogP contribution in [0.2, 0.25) is 0 Å².